The van der Waals surface area contributed by atoms with Crippen molar-refractivity contribution in [1.29, 1.82) is 0 Å². The summed E-state index contributed by atoms with van der Waals surface area (Å²) in [5.74, 6) is 0. The molecule has 0 spiro atoms. The van der Waals surface area contributed by atoms with Crippen LogP contribution < -0.4 is 0 Å². The van der Waals surface area contributed by atoms with Crippen LogP contribution >= 0.6 is 0 Å². The van der Waals surface area contributed by atoms with Crippen molar-refractivity contribution in [2.24, 2.45) is 0 Å². The molecule has 14 heavy (non-hydrogen) atoms. The number of unbranched alkanes of at least 4 members (excludes halogenated alkanes) is 2. The Labute approximate surface area is 92.2 Å². The molecule has 0 bridgehead atoms. The van der Waals surface area contributed by atoms with Crippen molar-refractivity contribution >= 4 is 0 Å². The number of allylic oxidation sites excluding steroid dienone is 1. The average Bonchev–Trinajstić information content (AvgIpc) is 2.21. The summed E-state index contributed by atoms with van der Waals surface area (Å²) in [6.07, 6.45) is 4.08. The van der Waals surface area contributed by atoms with Crippen molar-refractivity contribution in [2.45, 2.75) is 60.8 Å². The third-order valence-electron chi connectivity index (χ3n) is 1.83. The maximum Gasteiger partial charge on any atom is 0.0143 e. The molecule has 0 unspecified atom stereocenters. The molecule has 0 aliphatic rings. The van der Waals surface area contributed by atoms with Gasteiger partial charge in [0.2, 0.25) is 0 Å². The maximum absolute atomic E-state index is 3.75. The molecule has 0 saturated heterocycles. The molecule has 1 heteroatoms. The highest BCUT2D eigenvalue weighted by molar-refractivity contribution is 4.84. The van der Waals surface area contributed by atoms with Crippen molar-refractivity contribution in [1.82, 2.24) is 4.90 Å². The van der Waals surface area contributed by atoms with Crippen LogP contribution in [0.25, 0.3) is 0 Å². The smallest absolute Gasteiger partial charge is 0.0143 e. The van der Waals surface area contributed by atoms with Crippen molar-refractivity contribution in [3.05, 3.63) is 12.3 Å². The van der Waals surface area contributed by atoms with Gasteiger partial charge in [-0.15, -0.1) is 0 Å². The van der Waals surface area contributed by atoms with Crippen LogP contribution in [0.4, 0.5) is 0 Å². The van der Waals surface area contributed by atoms with Crippen molar-refractivity contribution in [3.8, 4) is 0 Å². The summed E-state index contributed by atoms with van der Waals surface area (Å²) in [6, 6.07) is 0. The highest BCUT2D eigenvalue weighted by Gasteiger charge is 1.86. The summed E-state index contributed by atoms with van der Waals surface area (Å²) >= 11 is 0. The van der Waals surface area contributed by atoms with Gasteiger partial charge < -0.3 is 4.90 Å². The predicted octanol–water partition coefficient (Wildman–Crippen LogP) is 4.69. The Morgan fingerprint density at radius 3 is 1.43 bits per heavy atom. The molecule has 0 amide bonds. The van der Waals surface area contributed by atoms with Gasteiger partial charge in [0.05, 0.1) is 0 Å². The van der Waals surface area contributed by atoms with E-state index >= 15 is 0 Å². The standard InChI is InChI=1S/C6H13N.C5H12.C2H6/c1-5-7(4)6(2)3;1-3-5-4-2;1-2/h2,5H2,1,3-4H3;3-5H2,1-2H3;1-2H3. The fraction of sp³-hybridized carbons (Fsp3) is 0.846. The molecule has 0 saturated carbocycles. The van der Waals surface area contributed by atoms with Gasteiger partial charge in [0, 0.05) is 19.3 Å². The summed E-state index contributed by atoms with van der Waals surface area (Å²) in [5.41, 5.74) is 1.13. The Morgan fingerprint density at radius 2 is 1.43 bits per heavy atom. The zero-order valence-corrected chi connectivity index (χ0v) is 11.5. The summed E-state index contributed by atoms with van der Waals surface area (Å²) in [5, 5.41) is 0. The highest BCUT2D eigenvalue weighted by atomic mass is 15.1. The summed E-state index contributed by atoms with van der Waals surface area (Å²) < 4.78 is 0. The summed E-state index contributed by atoms with van der Waals surface area (Å²) in [6.45, 7) is 17.3. The van der Waals surface area contributed by atoms with E-state index in [4.69, 9.17) is 0 Å². The van der Waals surface area contributed by atoms with E-state index in [1.807, 2.05) is 27.8 Å². The third-order valence-corrected chi connectivity index (χ3v) is 1.83. The lowest BCUT2D eigenvalue weighted by Crippen LogP contribution is -2.13. The third kappa shape index (κ3) is 22.5. The van der Waals surface area contributed by atoms with E-state index in [0.29, 0.717) is 0 Å². The van der Waals surface area contributed by atoms with E-state index in [2.05, 4.69) is 32.3 Å². The number of nitrogens with zero attached hydrogens (tertiary/aromatic N) is 1. The Balaban J connectivity index is -0.000000152. The second-order valence-corrected chi connectivity index (χ2v) is 3.10. The molecule has 0 aromatic heterocycles. The van der Waals surface area contributed by atoms with Gasteiger partial charge in [-0.3, -0.25) is 0 Å². The largest absolute Gasteiger partial charge is 0.379 e. The van der Waals surface area contributed by atoms with Crippen LogP contribution in [-0.2, 0) is 0 Å². The van der Waals surface area contributed by atoms with E-state index in [0.717, 1.165) is 12.2 Å². The Bertz CT molecular complexity index is 95.4. The van der Waals surface area contributed by atoms with Crippen molar-refractivity contribution in [3.63, 3.8) is 0 Å². The molecule has 0 aliphatic carbocycles. The fourth-order valence-electron chi connectivity index (χ4n) is 0.623. The molecule has 1 nitrogen and oxygen atoms in total. The number of hydrogen-bond donors (Lipinski definition) is 0. The van der Waals surface area contributed by atoms with Crippen LogP contribution in [0.15, 0.2) is 12.3 Å². The number of hydrogen-bond acceptors (Lipinski definition) is 1. The first-order valence-electron chi connectivity index (χ1n) is 5.96. The molecule has 0 aromatic carbocycles. The Morgan fingerprint density at radius 1 is 1.07 bits per heavy atom. The van der Waals surface area contributed by atoms with E-state index < -0.39 is 0 Å². The first kappa shape index (κ1) is 19.2. The van der Waals surface area contributed by atoms with Crippen LogP contribution in [0.5, 0.6) is 0 Å². The molecule has 0 heterocycles. The Kier molecular flexibility index (Phi) is 25.1. The van der Waals surface area contributed by atoms with Crippen molar-refractivity contribution < 1.29 is 0 Å². The Hall–Kier alpha value is -0.460. The molecule has 0 aromatic rings. The highest BCUT2D eigenvalue weighted by Crippen LogP contribution is 1.91. The number of rotatable bonds is 4. The molecule has 0 atom stereocenters. The van der Waals surface area contributed by atoms with Gasteiger partial charge >= 0.3 is 0 Å². The van der Waals surface area contributed by atoms with Crippen LogP contribution in [-0.4, -0.2) is 18.5 Å². The van der Waals surface area contributed by atoms with Gasteiger partial charge in [-0.1, -0.05) is 53.5 Å². The first-order valence-corrected chi connectivity index (χ1v) is 5.96. The molecule has 0 aliphatic heterocycles. The molecule has 0 fully saturated rings. The molecular weight excluding hydrogens is 170 g/mol. The van der Waals surface area contributed by atoms with Crippen LogP contribution in [0, 0.1) is 0 Å². The molecule has 0 radical (unpaired) electrons. The van der Waals surface area contributed by atoms with Gasteiger partial charge in [0.25, 0.3) is 0 Å². The summed E-state index contributed by atoms with van der Waals surface area (Å²) in [4.78, 5) is 2.10. The van der Waals surface area contributed by atoms with Gasteiger partial charge in [0.15, 0.2) is 0 Å². The molecule has 0 N–H and O–H groups in total. The average molecular weight is 201 g/mol. The van der Waals surface area contributed by atoms with Gasteiger partial charge in [-0.25, -0.2) is 0 Å². The lowest BCUT2D eigenvalue weighted by Gasteiger charge is -2.14. The minimum absolute atomic E-state index is 1.05. The minimum atomic E-state index is 1.05. The van der Waals surface area contributed by atoms with Crippen LogP contribution in [0.3, 0.4) is 0 Å². The van der Waals surface area contributed by atoms with E-state index in [1.165, 1.54) is 19.3 Å². The quantitative estimate of drug-likeness (QED) is 0.637. The maximum atomic E-state index is 3.75. The molecule has 88 valence electrons. The van der Waals surface area contributed by atoms with E-state index in [1.54, 1.807) is 0 Å². The minimum Gasteiger partial charge on any atom is -0.379 e. The molecular formula is C13H31N. The fourth-order valence-corrected chi connectivity index (χ4v) is 0.623. The second kappa shape index (κ2) is 18.3. The lowest BCUT2D eigenvalue weighted by molar-refractivity contribution is 0.445. The van der Waals surface area contributed by atoms with Gasteiger partial charge in [-0.05, 0) is 13.8 Å². The van der Waals surface area contributed by atoms with Crippen molar-refractivity contribution in [2.75, 3.05) is 13.6 Å². The lowest BCUT2D eigenvalue weighted by atomic mass is 10.3. The molecule has 0 rings (SSSR count). The second-order valence-electron chi connectivity index (χ2n) is 3.10. The van der Waals surface area contributed by atoms with Gasteiger partial charge in [-0.2, -0.15) is 0 Å². The van der Waals surface area contributed by atoms with Crippen LogP contribution in [0.2, 0.25) is 0 Å². The van der Waals surface area contributed by atoms with Crippen LogP contribution in [0.1, 0.15) is 60.8 Å². The zero-order valence-electron chi connectivity index (χ0n) is 11.5. The monoisotopic (exact) mass is 201 g/mol. The normalized spacial score (nSPS) is 7.64. The van der Waals surface area contributed by atoms with E-state index in [9.17, 15) is 0 Å². The van der Waals surface area contributed by atoms with E-state index in [-0.39, 0.29) is 0 Å². The topological polar surface area (TPSA) is 3.24 Å². The SMILES string of the molecule is C=C(C)N(C)CC.CC.CCCCC. The summed E-state index contributed by atoms with van der Waals surface area (Å²) in [7, 11) is 2.03. The zero-order chi connectivity index (χ0) is 12.0. The first-order chi connectivity index (χ1) is 6.59. The predicted molar refractivity (Wildman–Crippen MR) is 69.7 cm³/mol. The van der Waals surface area contributed by atoms with Gasteiger partial charge in [0.1, 0.15) is 0 Å².